The summed E-state index contributed by atoms with van der Waals surface area (Å²) < 4.78 is 5.85. The quantitative estimate of drug-likeness (QED) is 0.796. The van der Waals surface area contributed by atoms with Gasteiger partial charge in [0.15, 0.2) is 0 Å². The number of hydrogen-bond acceptors (Lipinski definition) is 4. The average Bonchev–Trinajstić information content (AvgIpc) is 2.44. The number of anilines is 1. The number of fused-ring (bicyclic) bond motifs is 1. The van der Waals surface area contributed by atoms with Gasteiger partial charge in [-0.05, 0) is 30.2 Å². The van der Waals surface area contributed by atoms with Crippen molar-refractivity contribution < 1.29 is 14.3 Å². The molecule has 0 atom stereocenters. The van der Waals surface area contributed by atoms with Gasteiger partial charge in [-0.1, -0.05) is 0 Å². The van der Waals surface area contributed by atoms with Gasteiger partial charge in [0.25, 0.3) is 0 Å². The molecule has 0 radical (unpaired) electrons. The van der Waals surface area contributed by atoms with E-state index in [9.17, 15) is 9.59 Å². The summed E-state index contributed by atoms with van der Waals surface area (Å²) in [5, 5.41) is 5.65. The fourth-order valence-corrected chi connectivity index (χ4v) is 3.21. The second-order valence-corrected chi connectivity index (χ2v) is 6.12. The van der Waals surface area contributed by atoms with E-state index in [1.807, 2.05) is 18.2 Å². The van der Waals surface area contributed by atoms with E-state index in [4.69, 9.17) is 4.74 Å². The Morgan fingerprint density at radius 2 is 2.10 bits per heavy atom. The second-order valence-electron chi connectivity index (χ2n) is 6.12. The molecule has 4 rings (SSSR count). The van der Waals surface area contributed by atoms with Gasteiger partial charge in [0.05, 0.1) is 6.61 Å². The van der Waals surface area contributed by atoms with E-state index < -0.39 is 0 Å². The molecule has 0 unspecified atom stereocenters. The maximum absolute atomic E-state index is 11.9. The van der Waals surface area contributed by atoms with Crippen molar-refractivity contribution in [2.45, 2.75) is 12.8 Å². The van der Waals surface area contributed by atoms with E-state index in [1.165, 1.54) is 0 Å². The first-order valence-corrected chi connectivity index (χ1v) is 7.23. The Morgan fingerprint density at radius 1 is 1.24 bits per heavy atom. The van der Waals surface area contributed by atoms with E-state index in [0.29, 0.717) is 13.0 Å². The molecule has 0 aliphatic carbocycles. The molecule has 21 heavy (non-hydrogen) atoms. The lowest BCUT2D eigenvalue weighted by molar-refractivity contribution is -0.120. The van der Waals surface area contributed by atoms with E-state index >= 15 is 0 Å². The number of carbonyl (C=O) groups is 2. The molecule has 2 N–H and O–H groups in total. The Labute approximate surface area is 122 Å². The van der Waals surface area contributed by atoms with Gasteiger partial charge < -0.3 is 10.1 Å². The Hall–Kier alpha value is -2.08. The minimum Gasteiger partial charge on any atom is -0.493 e. The van der Waals surface area contributed by atoms with Gasteiger partial charge >= 0.3 is 6.03 Å². The normalized spacial score (nSPS) is 23.1. The average molecular weight is 287 g/mol. The predicted octanol–water partition coefficient (Wildman–Crippen LogP) is 0.657. The van der Waals surface area contributed by atoms with E-state index in [-0.39, 0.29) is 17.4 Å². The smallest absolute Gasteiger partial charge is 0.328 e. The van der Waals surface area contributed by atoms with Crippen LogP contribution in [0.4, 0.5) is 10.5 Å². The molecule has 1 aromatic carbocycles. The van der Waals surface area contributed by atoms with Crippen LogP contribution in [0.15, 0.2) is 18.2 Å². The highest BCUT2D eigenvalue weighted by molar-refractivity contribution is 6.05. The van der Waals surface area contributed by atoms with Gasteiger partial charge in [0.1, 0.15) is 5.75 Å². The van der Waals surface area contributed by atoms with E-state index in [0.717, 1.165) is 43.1 Å². The van der Waals surface area contributed by atoms with Crippen LogP contribution in [0.1, 0.15) is 12.0 Å². The molecule has 3 amide bonds. The predicted molar refractivity (Wildman–Crippen MR) is 76.4 cm³/mol. The Kier molecular flexibility index (Phi) is 2.68. The Bertz CT molecular complexity index is 625. The fourth-order valence-electron chi connectivity index (χ4n) is 3.21. The number of imide groups is 1. The Balaban J connectivity index is 1.61. The number of ether oxygens (including phenoxy) is 1. The van der Waals surface area contributed by atoms with Gasteiger partial charge in [-0.3, -0.25) is 15.0 Å². The van der Waals surface area contributed by atoms with Crippen molar-refractivity contribution >= 4 is 17.6 Å². The van der Waals surface area contributed by atoms with Crippen molar-refractivity contribution in [1.29, 1.82) is 0 Å². The number of hydrogen-bond donors (Lipinski definition) is 2. The molecule has 0 saturated carbocycles. The van der Waals surface area contributed by atoms with Crippen molar-refractivity contribution in [3.63, 3.8) is 0 Å². The molecule has 110 valence electrons. The zero-order chi connectivity index (χ0) is 14.4. The lowest BCUT2D eigenvalue weighted by Gasteiger charge is -2.45. The summed E-state index contributed by atoms with van der Waals surface area (Å²) in [4.78, 5) is 24.8. The molecule has 2 saturated heterocycles. The van der Waals surface area contributed by atoms with Crippen LogP contribution in [0.5, 0.6) is 5.75 Å². The van der Waals surface area contributed by atoms with Gasteiger partial charge in [0.2, 0.25) is 5.91 Å². The summed E-state index contributed by atoms with van der Waals surface area (Å²) in [5.74, 6) is 0.696. The molecular weight excluding hydrogens is 270 g/mol. The molecule has 1 aromatic rings. The summed E-state index contributed by atoms with van der Waals surface area (Å²) in [6, 6.07) is 5.48. The highest BCUT2D eigenvalue weighted by Crippen LogP contribution is 2.38. The number of nitrogens with zero attached hydrogens (tertiary/aromatic N) is 1. The van der Waals surface area contributed by atoms with Crippen LogP contribution in [0.25, 0.3) is 0 Å². The molecular formula is C15H17N3O3. The van der Waals surface area contributed by atoms with Crippen molar-refractivity contribution in [2.75, 3.05) is 31.1 Å². The molecule has 6 heteroatoms. The summed E-state index contributed by atoms with van der Waals surface area (Å²) in [6.45, 7) is 3.15. The first kappa shape index (κ1) is 12.6. The number of urea groups is 1. The second kappa shape index (κ2) is 4.46. The highest BCUT2D eigenvalue weighted by atomic mass is 16.5. The van der Waals surface area contributed by atoms with Crippen molar-refractivity contribution in [3.8, 4) is 5.75 Å². The molecule has 3 aliphatic rings. The molecule has 2 fully saturated rings. The summed E-state index contributed by atoms with van der Waals surface area (Å²) in [7, 11) is 0. The summed E-state index contributed by atoms with van der Waals surface area (Å²) in [6.07, 6.45) is 1.31. The number of benzene rings is 1. The zero-order valence-corrected chi connectivity index (χ0v) is 11.6. The van der Waals surface area contributed by atoms with Crippen LogP contribution >= 0.6 is 0 Å². The molecule has 3 heterocycles. The number of carbonyl (C=O) groups excluding carboxylic acids is 2. The van der Waals surface area contributed by atoms with E-state index in [2.05, 4.69) is 10.6 Å². The largest absolute Gasteiger partial charge is 0.493 e. The van der Waals surface area contributed by atoms with Crippen molar-refractivity contribution in [3.05, 3.63) is 23.8 Å². The topological polar surface area (TPSA) is 70.7 Å². The highest BCUT2D eigenvalue weighted by Gasteiger charge is 2.41. The minimum atomic E-state index is -0.344. The number of amides is 3. The van der Waals surface area contributed by atoms with Crippen LogP contribution < -0.4 is 20.3 Å². The van der Waals surface area contributed by atoms with Gasteiger partial charge in [0, 0.05) is 37.2 Å². The monoisotopic (exact) mass is 287 g/mol. The summed E-state index contributed by atoms with van der Waals surface area (Å²) >= 11 is 0. The molecule has 1 spiro atoms. The number of nitrogens with one attached hydrogen (secondary N) is 2. The van der Waals surface area contributed by atoms with Crippen molar-refractivity contribution in [1.82, 2.24) is 10.6 Å². The maximum Gasteiger partial charge on any atom is 0.328 e. The molecule has 0 aromatic heterocycles. The Morgan fingerprint density at radius 3 is 2.81 bits per heavy atom. The maximum atomic E-state index is 11.9. The van der Waals surface area contributed by atoms with E-state index in [1.54, 1.807) is 4.90 Å². The van der Waals surface area contributed by atoms with Crippen LogP contribution in [0.2, 0.25) is 0 Å². The third-order valence-electron chi connectivity index (χ3n) is 4.51. The van der Waals surface area contributed by atoms with Crippen LogP contribution in [-0.2, 0) is 11.2 Å². The van der Waals surface area contributed by atoms with Crippen LogP contribution in [-0.4, -0.2) is 38.2 Å². The summed E-state index contributed by atoms with van der Waals surface area (Å²) in [5.41, 5.74) is 2.18. The lowest BCUT2D eigenvalue weighted by Crippen LogP contribution is -2.59. The zero-order valence-electron chi connectivity index (χ0n) is 11.6. The molecule has 3 aliphatic heterocycles. The minimum absolute atomic E-state index is 0.211. The van der Waals surface area contributed by atoms with Crippen LogP contribution in [0.3, 0.4) is 0 Å². The third-order valence-corrected chi connectivity index (χ3v) is 4.51. The number of rotatable bonds is 1. The van der Waals surface area contributed by atoms with Gasteiger partial charge in [-0.15, -0.1) is 0 Å². The standard InChI is InChI=1S/C15H17N3O3/c19-13-3-4-18(14(20)17-13)11-1-2-12-10(5-11)6-15(9-21-12)7-16-8-15/h1-2,5,16H,3-4,6-9H2,(H,17,19,20). The van der Waals surface area contributed by atoms with Crippen LogP contribution in [0, 0.1) is 5.41 Å². The lowest BCUT2D eigenvalue weighted by atomic mass is 9.75. The third kappa shape index (κ3) is 2.06. The molecule has 0 bridgehead atoms. The fraction of sp³-hybridized carbons (Fsp3) is 0.467. The first-order valence-electron chi connectivity index (χ1n) is 7.23. The SMILES string of the molecule is O=C1CCN(c2ccc3c(c2)CC2(CNC2)CO3)C(=O)N1. The molecule has 6 nitrogen and oxygen atoms in total. The first-order chi connectivity index (χ1) is 10.2. The van der Waals surface area contributed by atoms with Crippen molar-refractivity contribution in [2.24, 2.45) is 5.41 Å². The van der Waals surface area contributed by atoms with Gasteiger partial charge in [-0.25, -0.2) is 4.79 Å². The van der Waals surface area contributed by atoms with Gasteiger partial charge in [-0.2, -0.15) is 0 Å².